The van der Waals surface area contributed by atoms with Crippen LogP contribution in [0.2, 0.25) is 5.02 Å². The maximum atomic E-state index is 12.4. The number of hydrogen-bond acceptors (Lipinski definition) is 5. The molecule has 2 aliphatic rings. The minimum Gasteiger partial charge on any atom is -0.457 e. The molecule has 2 aromatic rings. The van der Waals surface area contributed by atoms with E-state index in [4.69, 9.17) is 25.8 Å². The number of hydrogen-bond donors (Lipinski definition) is 0. The molecule has 7 heteroatoms. The molecular weight excluding hydrogens is 382 g/mol. The first-order valence-electron chi connectivity index (χ1n) is 9.17. The monoisotopic (exact) mass is 401 g/mol. The van der Waals surface area contributed by atoms with E-state index >= 15 is 0 Å². The van der Waals surface area contributed by atoms with E-state index in [1.807, 2.05) is 18.2 Å². The molecule has 1 amide bonds. The first-order chi connectivity index (χ1) is 13.5. The van der Waals surface area contributed by atoms with Gasteiger partial charge in [0.1, 0.15) is 17.2 Å². The molecule has 2 aliphatic heterocycles. The molecule has 2 heterocycles. The smallest absolute Gasteiger partial charge is 0.409 e. The van der Waals surface area contributed by atoms with Gasteiger partial charge in [-0.1, -0.05) is 11.6 Å². The van der Waals surface area contributed by atoms with Crippen LogP contribution < -0.4 is 9.47 Å². The number of carbonyl (C=O) groups is 2. The molecule has 0 radical (unpaired) electrons. The van der Waals surface area contributed by atoms with E-state index in [1.54, 1.807) is 30.0 Å². The number of amides is 1. The standard InChI is InChI=1S/C21H20ClNO5/c1-3-26-21(25)23-10-17-15-8-13(22)4-6-19(15)28-20-7-5-14(27-12(2)24)9-16(20)18(17)11-23/h4-9,17-18H,3,10-11H2,1-2H3/t17-,18-/m1/s1. The second-order valence-corrected chi connectivity index (χ2v) is 7.33. The summed E-state index contributed by atoms with van der Waals surface area (Å²) in [5.41, 5.74) is 1.84. The third-order valence-electron chi connectivity index (χ3n) is 5.08. The van der Waals surface area contributed by atoms with Crippen molar-refractivity contribution < 1.29 is 23.8 Å². The number of fused-ring (bicyclic) bond motifs is 5. The van der Waals surface area contributed by atoms with E-state index in [1.165, 1.54) is 6.92 Å². The van der Waals surface area contributed by atoms with Gasteiger partial charge < -0.3 is 19.1 Å². The molecule has 0 aromatic heterocycles. The molecule has 0 spiro atoms. The number of carbonyl (C=O) groups excluding carboxylic acids is 2. The van der Waals surface area contributed by atoms with Crippen LogP contribution >= 0.6 is 11.6 Å². The summed E-state index contributed by atoms with van der Waals surface area (Å²) in [6.45, 7) is 4.45. The lowest BCUT2D eigenvalue weighted by atomic mass is 9.84. The van der Waals surface area contributed by atoms with Crippen molar-refractivity contribution in [3.05, 3.63) is 52.5 Å². The summed E-state index contributed by atoms with van der Waals surface area (Å²) in [4.78, 5) is 25.4. The summed E-state index contributed by atoms with van der Waals surface area (Å²) in [6.07, 6.45) is -0.335. The van der Waals surface area contributed by atoms with Gasteiger partial charge in [-0.25, -0.2) is 4.79 Å². The van der Waals surface area contributed by atoms with Crippen LogP contribution in [0.25, 0.3) is 0 Å². The zero-order valence-electron chi connectivity index (χ0n) is 15.6. The molecule has 0 aliphatic carbocycles. The van der Waals surface area contributed by atoms with Crippen LogP contribution in [-0.2, 0) is 9.53 Å². The molecule has 0 saturated carbocycles. The highest BCUT2D eigenvalue weighted by molar-refractivity contribution is 6.30. The van der Waals surface area contributed by atoms with Gasteiger partial charge >= 0.3 is 12.1 Å². The Labute approximate surface area is 167 Å². The van der Waals surface area contributed by atoms with Gasteiger partial charge in [-0.15, -0.1) is 0 Å². The molecule has 1 fully saturated rings. The highest BCUT2D eigenvalue weighted by Crippen LogP contribution is 2.51. The van der Waals surface area contributed by atoms with E-state index in [2.05, 4.69) is 0 Å². The molecule has 4 rings (SSSR count). The Kier molecular flexibility index (Phi) is 4.89. The number of esters is 1. The van der Waals surface area contributed by atoms with Crippen molar-refractivity contribution in [2.45, 2.75) is 25.7 Å². The van der Waals surface area contributed by atoms with Crippen molar-refractivity contribution in [2.24, 2.45) is 0 Å². The maximum Gasteiger partial charge on any atom is 0.409 e. The molecule has 0 bridgehead atoms. The van der Waals surface area contributed by atoms with Gasteiger partial charge in [0.2, 0.25) is 0 Å². The molecule has 28 heavy (non-hydrogen) atoms. The van der Waals surface area contributed by atoms with Crippen molar-refractivity contribution >= 4 is 23.7 Å². The third kappa shape index (κ3) is 3.40. The molecule has 0 unspecified atom stereocenters. The quantitative estimate of drug-likeness (QED) is 0.538. The molecule has 146 valence electrons. The average Bonchev–Trinajstić information content (AvgIpc) is 3.04. The van der Waals surface area contributed by atoms with Gasteiger partial charge in [-0.2, -0.15) is 0 Å². The topological polar surface area (TPSA) is 65.1 Å². The van der Waals surface area contributed by atoms with E-state index in [9.17, 15) is 9.59 Å². The summed E-state index contributed by atoms with van der Waals surface area (Å²) < 4.78 is 16.6. The Morgan fingerprint density at radius 3 is 2.39 bits per heavy atom. The minimum absolute atomic E-state index is 0.00747. The summed E-state index contributed by atoms with van der Waals surface area (Å²) in [6, 6.07) is 10.8. The van der Waals surface area contributed by atoms with Crippen molar-refractivity contribution in [1.29, 1.82) is 0 Å². The number of nitrogens with zero attached hydrogens (tertiary/aromatic N) is 1. The lowest BCUT2D eigenvalue weighted by Gasteiger charge is -2.18. The van der Waals surface area contributed by atoms with Gasteiger partial charge in [0, 0.05) is 48.0 Å². The normalized spacial score (nSPS) is 19.6. The van der Waals surface area contributed by atoms with Gasteiger partial charge in [0.15, 0.2) is 0 Å². The van der Waals surface area contributed by atoms with Crippen LogP contribution in [0.4, 0.5) is 4.79 Å². The van der Waals surface area contributed by atoms with Crippen molar-refractivity contribution in [3.63, 3.8) is 0 Å². The predicted molar refractivity (Wildman–Crippen MR) is 103 cm³/mol. The third-order valence-corrected chi connectivity index (χ3v) is 5.31. The summed E-state index contributed by atoms with van der Waals surface area (Å²) >= 11 is 6.24. The molecule has 0 N–H and O–H groups in total. The minimum atomic E-state index is -0.388. The molecule has 6 nitrogen and oxygen atoms in total. The first-order valence-corrected chi connectivity index (χ1v) is 9.55. The van der Waals surface area contributed by atoms with Crippen LogP contribution in [0, 0.1) is 0 Å². The van der Waals surface area contributed by atoms with E-state index in [0.29, 0.717) is 42.0 Å². The second-order valence-electron chi connectivity index (χ2n) is 6.89. The summed E-state index contributed by atoms with van der Waals surface area (Å²) in [5, 5.41) is 0.613. The Bertz CT molecular complexity index is 944. The van der Waals surface area contributed by atoms with Crippen LogP contribution in [0.1, 0.15) is 36.8 Å². The van der Waals surface area contributed by atoms with Crippen molar-refractivity contribution in [2.75, 3.05) is 19.7 Å². The average molecular weight is 402 g/mol. The fourth-order valence-electron chi connectivity index (χ4n) is 3.96. The highest BCUT2D eigenvalue weighted by Gasteiger charge is 2.42. The Morgan fingerprint density at radius 1 is 1.11 bits per heavy atom. The first kappa shape index (κ1) is 18.6. The van der Waals surface area contributed by atoms with Gasteiger partial charge in [0.05, 0.1) is 6.61 Å². The summed E-state index contributed by atoms with van der Waals surface area (Å²) in [5.74, 6) is 1.41. The SMILES string of the molecule is CCOC(=O)N1C[C@@H]2c3cc(Cl)ccc3Oc3ccc(OC(C)=O)cc3[C@H]2C1. The Balaban J connectivity index is 1.79. The van der Waals surface area contributed by atoms with E-state index < -0.39 is 0 Å². The van der Waals surface area contributed by atoms with Crippen molar-refractivity contribution in [3.8, 4) is 17.2 Å². The highest BCUT2D eigenvalue weighted by atomic mass is 35.5. The van der Waals surface area contributed by atoms with Gasteiger partial charge in [-0.05, 0) is 43.3 Å². The zero-order valence-corrected chi connectivity index (χ0v) is 16.4. The van der Waals surface area contributed by atoms with Crippen LogP contribution in [-0.4, -0.2) is 36.7 Å². The largest absolute Gasteiger partial charge is 0.457 e. The van der Waals surface area contributed by atoms with E-state index in [0.717, 1.165) is 11.1 Å². The molecule has 1 saturated heterocycles. The zero-order chi connectivity index (χ0) is 19.8. The van der Waals surface area contributed by atoms with Crippen LogP contribution in [0.3, 0.4) is 0 Å². The van der Waals surface area contributed by atoms with Crippen molar-refractivity contribution in [1.82, 2.24) is 4.90 Å². The second kappa shape index (κ2) is 7.36. The Morgan fingerprint density at radius 2 is 1.75 bits per heavy atom. The van der Waals surface area contributed by atoms with Crippen LogP contribution in [0.15, 0.2) is 36.4 Å². The number of likely N-dealkylation sites (tertiary alicyclic amines) is 1. The fraction of sp³-hybridized carbons (Fsp3) is 0.333. The molecule has 2 aromatic carbocycles. The lowest BCUT2D eigenvalue weighted by molar-refractivity contribution is -0.131. The van der Waals surface area contributed by atoms with E-state index in [-0.39, 0.29) is 23.9 Å². The predicted octanol–water partition coefficient (Wildman–Crippen LogP) is 4.71. The summed E-state index contributed by atoms with van der Waals surface area (Å²) in [7, 11) is 0. The molecule has 2 atom stereocenters. The lowest BCUT2D eigenvalue weighted by Crippen LogP contribution is -2.29. The van der Waals surface area contributed by atoms with Crippen LogP contribution in [0.5, 0.6) is 17.2 Å². The number of ether oxygens (including phenoxy) is 3. The number of halogens is 1. The van der Waals surface area contributed by atoms with Gasteiger partial charge in [0.25, 0.3) is 0 Å². The Hall–Kier alpha value is -2.73. The number of rotatable bonds is 2. The van der Waals surface area contributed by atoms with Gasteiger partial charge in [-0.3, -0.25) is 4.79 Å². The number of benzene rings is 2. The fourth-order valence-corrected chi connectivity index (χ4v) is 4.14. The maximum absolute atomic E-state index is 12.4. The molecular formula is C21H20ClNO5.